The number of amides is 1. The highest BCUT2D eigenvalue weighted by Crippen LogP contribution is 2.27. The lowest BCUT2D eigenvalue weighted by Gasteiger charge is -2.15. The van der Waals surface area contributed by atoms with Crippen molar-refractivity contribution in [1.82, 2.24) is 9.97 Å². The van der Waals surface area contributed by atoms with Crippen LogP contribution in [0.5, 0.6) is 5.75 Å². The van der Waals surface area contributed by atoms with Gasteiger partial charge in [0.05, 0.1) is 11.8 Å². The molecule has 0 radical (unpaired) electrons. The van der Waals surface area contributed by atoms with Gasteiger partial charge in [0.15, 0.2) is 0 Å². The number of aromatic nitrogens is 2. The first-order valence-electron chi connectivity index (χ1n) is 8.75. The van der Waals surface area contributed by atoms with E-state index in [-0.39, 0.29) is 17.7 Å². The molecule has 0 unspecified atom stereocenters. The lowest BCUT2D eigenvalue weighted by Crippen LogP contribution is -2.15. The number of rotatable bonds is 6. The zero-order chi connectivity index (χ0) is 19.2. The number of hydrogen-bond acceptors (Lipinski definition) is 5. The summed E-state index contributed by atoms with van der Waals surface area (Å²) < 4.78 is 5.79. The molecule has 0 atom stereocenters. The van der Waals surface area contributed by atoms with Gasteiger partial charge >= 0.3 is 0 Å². The van der Waals surface area contributed by atoms with Gasteiger partial charge < -0.3 is 15.4 Å². The first-order valence-corrected chi connectivity index (χ1v) is 8.75. The van der Waals surface area contributed by atoms with Crippen molar-refractivity contribution >= 4 is 23.2 Å². The summed E-state index contributed by atoms with van der Waals surface area (Å²) in [5.74, 6) is 0.736. The van der Waals surface area contributed by atoms with Crippen LogP contribution in [0.1, 0.15) is 29.9 Å². The van der Waals surface area contributed by atoms with E-state index in [2.05, 4.69) is 20.6 Å². The van der Waals surface area contributed by atoms with E-state index in [1.807, 2.05) is 69.3 Å². The maximum atomic E-state index is 12.5. The van der Waals surface area contributed by atoms with Gasteiger partial charge in [-0.15, -0.1) is 0 Å². The summed E-state index contributed by atoms with van der Waals surface area (Å²) >= 11 is 0. The van der Waals surface area contributed by atoms with Crippen LogP contribution in [0.4, 0.5) is 17.3 Å². The third-order valence-corrected chi connectivity index (χ3v) is 3.78. The molecule has 6 heteroatoms. The summed E-state index contributed by atoms with van der Waals surface area (Å²) in [6.07, 6.45) is 1.59. The van der Waals surface area contributed by atoms with Crippen LogP contribution in [-0.4, -0.2) is 22.0 Å². The Balaban J connectivity index is 1.78. The Morgan fingerprint density at radius 2 is 1.70 bits per heavy atom. The van der Waals surface area contributed by atoms with Gasteiger partial charge in [-0.2, -0.15) is 0 Å². The van der Waals surface area contributed by atoms with Crippen LogP contribution in [0.3, 0.4) is 0 Å². The number of para-hydroxylation sites is 3. The predicted octanol–water partition coefficient (Wildman–Crippen LogP) is 4.57. The third kappa shape index (κ3) is 4.82. The Hall–Kier alpha value is -3.41. The molecule has 0 bridgehead atoms. The normalized spacial score (nSPS) is 10.5. The van der Waals surface area contributed by atoms with Gasteiger partial charge in [0.1, 0.15) is 11.4 Å². The molecule has 0 saturated carbocycles. The van der Waals surface area contributed by atoms with Crippen molar-refractivity contribution in [2.24, 2.45) is 0 Å². The number of nitrogens with zero attached hydrogens (tertiary/aromatic N) is 2. The van der Waals surface area contributed by atoms with E-state index in [1.165, 1.54) is 0 Å². The molecule has 1 aromatic heterocycles. The molecule has 0 spiro atoms. The molecular formula is C21H22N4O2. The molecule has 0 saturated heterocycles. The van der Waals surface area contributed by atoms with Gasteiger partial charge in [-0.1, -0.05) is 30.3 Å². The zero-order valence-corrected chi connectivity index (χ0v) is 15.6. The molecular weight excluding hydrogens is 340 g/mol. The van der Waals surface area contributed by atoms with Gasteiger partial charge in [-0.25, -0.2) is 9.97 Å². The number of carbonyl (C=O) groups excluding carboxylic acids is 1. The van der Waals surface area contributed by atoms with Gasteiger partial charge in [0.25, 0.3) is 5.91 Å². The van der Waals surface area contributed by atoms with Crippen molar-refractivity contribution in [1.29, 1.82) is 0 Å². The van der Waals surface area contributed by atoms with E-state index in [9.17, 15) is 4.79 Å². The molecule has 27 heavy (non-hydrogen) atoms. The monoisotopic (exact) mass is 362 g/mol. The van der Waals surface area contributed by atoms with E-state index in [0.29, 0.717) is 11.7 Å². The largest absolute Gasteiger partial charge is 0.489 e. The highest BCUT2D eigenvalue weighted by molar-refractivity contribution is 6.03. The van der Waals surface area contributed by atoms with Gasteiger partial charge in [0, 0.05) is 11.9 Å². The molecule has 0 aliphatic heterocycles. The minimum atomic E-state index is -0.290. The van der Waals surface area contributed by atoms with E-state index < -0.39 is 0 Å². The first kappa shape index (κ1) is 18.4. The molecule has 3 rings (SSSR count). The average Bonchev–Trinajstić information content (AvgIpc) is 2.65. The van der Waals surface area contributed by atoms with Crippen molar-refractivity contribution in [3.8, 4) is 5.75 Å². The Labute approximate surface area is 158 Å². The fraction of sp³-hybridized carbons (Fsp3) is 0.190. The van der Waals surface area contributed by atoms with Gasteiger partial charge in [0.2, 0.25) is 5.95 Å². The third-order valence-electron chi connectivity index (χ3n) is 3.78. The van der Waals surface area contributed by atoms with Crippen molar-refractivity contribution in [3.05, 3.63) is 72.1 Å². The topological polar surface area (TPSA) is 76.1 Å². The number of carbonyl (C=O) groups is 1. The zero-order valence-electron chi connectivity index (χ0n) is 15.6. The van der Waals surface area contributed by atoms with Crippen LogP contribution in [-0.2, 0) is 0 Å². The summed E-state index contributed by atoms with van der Waals surface area (Å²) in [4.78, 5) is 21.1. The van der Waals surface area contributed by atoms with Gasteiger partial charge in [-0.05, 0) is 50.6 Å². The number of aryl methyl sites for hydroxylation is 1. The number of anilines is 3. The number of ether oxygens (including phenoxy) is 1. The molecule has 3 aromatic rings. The molecule has 2 N–H and O–H groups in total. The van der Waals surface area contributed by atoms with Crippen LogP contribution in [0.15, 0.2) is 60.8 Å². The molecule has 0 fully saturated rings. The van der Waals surface area contributed by atoms with Crippen LogP contribution in [0.2, 0.25) is 0 Å². The second-order valence-corrected chi connectivity index (χ2v) is 6.32. The summed E-state index contributed by atoms with van der Waals surface area (Å²) in [7, 11) is 0. The molecule has 2 aromatic carbocycles. The van der Waals surface area contributed by atoms with E-state index in [1.54, 1.807) is 12.3 Å². The van der Waals surface area contributed by atoms with Crippen LogP contribution >= 0.6 is 0 Å². The Bertz CT molecular complexity index is 941. The van der Waals surface area contributed by atoms with E-state index >= 15 is 0 Å². The maximum Gasteiger partial charge on any atom is 0.274 e. The molecule has 0 aliphatic carbocycles. The van der Waals surface area contributed by atoms with E-state index in [0.717, 1.165) is 16.9 Å². The summed E-state index contributed by atoms with van der Waals surface area (Å²) in [6, 6.07) is 16.7. The van der Waals surface area contributed by atoms with E-state index in [4.69, 9.17) is 4.74 Å². The predicted molar refractivity (Wildman–Crippen MR) is 107 cm³/mol. The molecule has 138 valence electrons. The fourth-order valence-electron chi connectivity index (χ4n) is 2.49. The summed E-state index contributed by atoms with van der Waals surface area (Å²) in [5, 5.41) is 5.99. The standard InChI is InChI=1S/C21H22N4O2/c1-14(2)27-19-11-7-6-10-17(19)24-21-22-13-12-18(25-21)20(26)23-16-9-5-4-8-15(16)3/h4-14H,1-3H3,(H,23,26)(H,22,24,25). The van der Waals surface area contributed by atoms with Crippen molar-refractivity contribution in [2.45, 2.75) is 26.9 Å². The second-order valence-electron chi connectivity index (χ2n) is 6.32. The van der Waals surface area contributed by atoms with Crippen LogP contribution in [0, 0.1) is 6.92 Å². The molecule has 1 amide bonds. The second kappa shape index (κ2) is 8.31. The highest BCUT2D eigenvalue weighted by Gasteiger charge is 2.12. The number of hydrogen-bond donors (Lipinski definition) is 2. The Morgan fingerprint density at radius 3 is 2.44 bits per heavy atom. The number of benzene rings is 2. The minimum Gasteiger partial charge on any atom is -0.489 e. The Kier molecular flexibility index (Phi) is 5.66. The summed E-state index contributed by atoms with van der Waals surface area (Å²) in [6.45, 7) is 5.86. The van der Waals surface area contributed by atoms with Crippen molar-refractivity contribution in [2.75, 3.05) is 10.6 Å². The van der Waals surface area contributed by atoms with Crippen molar-refractivity contribution in [3.63, 3.8) is 0 Å². The lowest BCUT2D eigenvalue weighted by molar-refractivity contribution is 0.102. The lowest BCUT2D eigenvalue weighted by atomic mass is 10.2. The number of nitrogens with one attached hydrogen (secondary N) is 2. The smallest absolute Gasteiger partial charge is 0.274 e. The Morgan fingerprint density at radius 1 is 1.00 bits per heavy atom. The minimum absolute atomic E-state index is 0.0418. The first-order chi connectivity index (χ1) is 13.0. The maximum absolute atomic E-state index is 12.5. The van der Waals surface area contributed by atoms with Gasteiger partial charge in [-0.3, -0.25) is 4.79 Å². The van der Waals surface area contributed by atoms with Crippen LogP contribution < -0.4 is 15.4 Å². The average molecular weight is 362 g/mol. The summed E-state index contributed by atoms with van der Waals surface area (Å²) in [5.41, 5.74) is 2.75. The fourth-order valence-corrected chi connectivity index (χ4v) is 2.49. The highest BCUT2D eigenvalue weighted by atomic mass is 16.5. The molecule has 1 heterocycles. The van der Waals surface area contributed by atoms with Crippen LogP contribution in [0.25, 0.3) is 0 Å². The SMILES string of the molecule is Cc1ccccc1NC(=O)c1ccnc(Nc2ccccc2OC(C)C)n1. The molecule has 6 nitrogen and oxygen atoms in total. The van der Waals surface area contributed by atoms with Crippen molar-refractivity contribution < 1.29 is 9.53 Å². The molecule has 0 aliphatic rings. The quantitative estimate of drug-likeness (QED) is 0.672.